The van der Waals surface area contributed by atoms with Crippen molar-refractivity contribution in [3.8, 4) is 0 Å². The Morgan fingerprint density at radius 3 is 2.75 bits per heavy atom. The zero-order valence-corrected chi connectivity index (χ0v) is 8.34. The molecule has 0 aliphatic heterocycles. The molecular formula is C6H9BrN4O. The van der Waals surface area contributed by atoms with E-state index < -0.39 is 0 Å². The molecule has 0 aliphatic carbocycles. The van der Waals surface area contributed by atoms with Crippen molar-refractivity contribution in [2.24, 2.45) is 0 Å². The summed E-state index contributed by atoms with van der Waals surface area (Å²) < 4.78 is 0.455. The van der Waals surface area contributed by atoms with E-state index in [-0.39, 0.29) is 17.8 Å². The Balaban J connectivity index is 2.65. The standard InChI is InChI=1S/C6H9BrN4O/c1-3(2)8-5(12)4-9-6(7)11-10-4/h3H,1-2H3,(H,8,12)(H,9,10,11). The minimum Gasteiger partial charge on any atom is -0.347 e. The van der Waals surface area contributed by atoms with Gasteiger partial charge in [0.05, 0.1) is 0 Å². The van der Waals surface area contributed by atoms with Gasteiger partial charge in [0.15, 0.2) is 4.73 Å². The van der Waals surface area contributed by atoms with Gasteiger partial charge in [-0.05, 0) is 29.8 Å². The van der Waals surface area contributed by atoms with Crippen LogP contribution in [0.15, 0.2) is 4.73 Å². The van der Waals surface area contributed by atoms with E-state index in [1.165, 1.54) is 0 Å². The van der Waals surface area contributed by atoms with Crippen LogP contribution in [0.25, 0.3) is 0 Å². The smallest absolute Gasteiger partial charge is 0.291 e. The van der Waals surface area contributed by atoms with Crippen LogP contribution in [0.1, 0.15) is 24.5 Å². The van der Waals surface area contributed by atoms with Crippen LogP contribution in [0.5, 0.6) is 0 Å². The Kier molecular flexibility index (Phi) is 2.80. The van der Waals surface area contributed by atoms with Crippen molar-refractivity contribution in [2.75, 3.05) is 0 Å². The summed E-state index contributed by atoms with van der Waals surface area (Å²) in [6, 6.07) is 0.0924. The third kappa shape index (κ3) is 2.30. The lowest BCUT2D eigenvalue weighted by Crippen LogP contribution is -2.30. The van der Waals surface area contributed by atoms with Gasteiger partial charge >= 0.3 is 0 Å². The first-order valence-corrected chi connectivity index (χ1v) is 4.27. The van der Waals surface area contributed by atoms with Gasteiger partial charge in [-0.1, -0.05) is 0 Å². The fourth-order valence-electron chi connectivity index (χ4n) is 0.670. The van der Waals surface area contributed by atoms with Crippen molar-refractivity contribution >= 4 is 21.8 Å². The van der Waals surface area contributed by atoms with E-state index in [1.54, 1.807) is 0 Å². The Morgan fingerprint density at radius 1 is 1.67 bits per heavy atom. The number of carbonyl (C=O) groups excluding carboxylic acids is 1. The van der Waals surface area contributed by atoms with Gasteiger partial charge in [-0.3, -0.25) is 9.89 Å². The van der Waals surface area contributed by atoms with E-state index in [2.05, 4.69) is 36.4 Å². The molecule has 1 aromatic heterocycles. The van der Waals surface area contributed by atoms with Crippen molar-refractivity contribution in [3.63, 3.8) is 0 Å². The largest absolute Gasteiger partial charge is 0.347 e. The minimum absolute atomic E-state index is 0.0924. The molecule has 1 heterocycles. The summed E-state index contributed by atoms with van der Waals surface area (Å²) in [7, 11) is 0. The molecule has 0 spiro atoms. The van der Waals surface area contributed by atoms with Crippen molar-refractivity contribution in [1.29, 1.82) is 0 Å². The number of nitrogens with zero attached hydrogens (tertiary/aromatic N) is 2. The molecule has 1 rings (SSSR count). The van der Waals surface area contributed by atoms with Crippen molar-refractivity contribution in [3.05, 3.63) is 10.6 Å². The van der Waals surface area contributed by atoms with Crippen LogP contribution in [-0.4, -0.2) is 27.1 Å². The fourth-order valence-corrected chi connectivity index (χ4v) is 0.927. The van der Waals surface area contributed by atoms with E-state index in [0.717, 1.165) is 0 Å². The summed E-state index contributed by atoms with van der Waals surface area (Å²) in [6.45, 7) is 3.75. The van der Waals surface area contributed by atoms with Gasteiger partial charge in [-0.2, -0.15) is 4.98 Å². The molecular weight excluding hydrogens is 224 g/mol. The topological polar surface area (TPSA) is 70.7 Å². The monoisotopic (exact) mass is 232 g/mol. The lowest BCUT2D eigenvalue weighted by molar-refractivity contribution is 0.0933. The number of nitrogens with one attached hydrogen (secondary N) is 2. The number of hydrogen-bond donors (Lipinski definition) is 2. The number of rotatable bonds is 2. The SMILES string of the molecule is CC(C)NC(=O)c1n[nH]c(Br)n1. The van der Waals surface area contributed by atoms with Crippen molar-refractivity contribution in [2.45, 2.75) is 19.9 Å². The molecule has 0 bridgehead atoms. The van der Waals surface area contributed by atoms with Gasteiger partial charge in [0, 0.05) is 6.04 Å². The molecule has 66 valence electrons. The van der Waals surface area contributed by atoms with Crippen LogP contribution in [0.2, 0.25) is 0 Å². The molecule has 2 N–H and O–H groups in total. The third-order valence-electron chi connectivity index (χ3n) is 1.08. The molecule has 0 saturated carbocycles. The third-order valence-corrected chi connectivity index (χ3v) is 1.44. The molecule has 0 fully saturated rings. The highest BCUT2D eigenvalue weighted by Crippen LogP contribution is 2.00. The van der Waals surface area contributed by atoms with Gasteiger partial charge in [0.2, 0.25) is 5.82 Å². The van der Waals surface area contributed by atoms with Gasteiger partial charge < -0.3 is 5.32 Å². The highest BCUT2D eigenvalue weighted by Gasteiger charge is 2.11. The lowest BCUT2D eigenvalue weighted by atomic mass is 10.4. The zero-order chi connectivity index (χ0) is 9.14. The average Bonchev–Trinajstić information content (AvgIpc) is 2.34. The normalized spacial score (nSPS) is 10.3. The van der Waals surface area contributed by atoms with Gasteiger partial charge in [0.25, 0.3) is 5.91 Å². The zero-order valence-electron chi connectivity index (χ0n) is 6.76. The summed E-state index contributed by atoms with van der Waals surface area (Å²) in [5.41, 5.74) is 0. The second-order valence-corrected chi connectivity index (χ2v) is 3.33. The molecule has 0 saturated heterocycles. The molecule has 1 amide bonds. The Bertz CT molecular complexity index is 283. The maximum atomic E-state index is 11.2. The second kappa shape index (κ2) is 3.66. The van der Waals surface area contributed by atoms with Gasteiger partial charge in [-0.15, -0.1) is 5.10 Å². The number of carbonyl (C=O) groups is 1. The fraction of sp³-hybridized carbons (Fsp3) is 0.500. The minimum atomic E-state index is -0.271. The molecule has 0 aromatic carbocycles. The quantitative estimate of drug-likeness (QED) is 0.789. The lowest BCUT2D eigenvalue weighted by Gasteiger charge is -2.03. The summed E-state index contributed by atoms with van der Waals surface area (Å²) in [4.78, 5) is 15.0. The van der Waals surface area contributed by atoms with Crippen LogP contribution < -0.4 is 5.32 Å². The average molecular weight is 233 g/mol. The van der Waals surface area contributed by atoms with Crippen LogP contribution >= 0.6 is 15.9 Å². The Hall–Kier alpha value is -0.910. The van der Waals surface area contributed by atoms with Crippen LogP contribution in [0.3, 0.4) is 0 Å². The Morgan fingerprint density at radius 2 is 2.33 bits per heavy atom. The van der Waals surface area contributed by atoms with E-state index in [0.29, 0.717) is 4.73 Å². The highest BCUT2D eigenvalue weighted by molar-refractivity contribution is 9.10. The number of H-pyrrole nitrogens is 1. The van der Waals surface area contributed by atoms with Crippen molar-refractivity contribution < 1.29 is 4.79 Å². The van der Waals surface area contributed by atoms with Crippen LogP contribution in [0, 0.1) is 0 Å². The maximum Gasteiger partial charge on any atom is 0.291 e. The predicted molar refractivity (Wildman–Crippen MR) is 46.7 cm³/mol. The molecule has 6 heteroatoms. The summed E-state index contributed by atoms with van der Waals surface area (Å²) in [5, 5.41) is 8.86. The number of amides is 1. The molecule has 0 atom stereocenters. The predicted octanol–water partition coefficient (Wildman–Crippen LogP) is 0.705. The highest BCUT2D eigenvalue weighted by atomic mass is 79.9. The first-order chi connectivity index (χ1) is 5.59. The van der Waals surface area contributed by atoms with Gasteiger partial charge in [0.1, 0.15) is 0 Å². The first-order valence-electron chi connectivity index (χ1n) is 3.48. The van der Waals surface area contributed by atoms with Crippen molar-refractivity contribution in [1.82, 2.24) is 20.5 Å². The summed E-state index contributed by atoms with van der Waals surface area (Å²) >= 11 is 3.06. The van der Waals surface area contributed by atoms with Crippen LogP contribution in [0.4, 0.5) is 0 Å². The number of aromatic nitrogens is 3. The number of hydrogen-bond acceptors (Lipinski definition) is 3. The summed E-state index contributed by atoms with van der Waals surface area (Å²) in [5.74, 6) is -0.123. The molecule has 0 radical (unpaired) electrons. The maximum absolute atomic E-state index is 11.2. The van der Waals surface area contributed by atoms with E-state index >= 15 is 0 Å². The van der Waals surface area contributed by atoms with Gasteiger partial charge in [-0.25, -0.2) is 0 Å². The van der Waals surface area contributed by atoms with E-state index in [9.17, 15) is 4.79 Å². The van der Waals surface area contributed by atoms with Crippen LogP contribution in [-0.2, 0) is 0 Å². The number of halogens is 1. The molecule has 1 aromatic rings. The first kappa shape index (κ1) is 9.18. The molecule has 12 heavy (non-hydrogen) atoms. The molecule has 5 nitrogen and oxygen atoms in total. The molecule has 0 unspecified atom stereocenters. The number of aromatic amines is 1. The molecule has 0 aliphatic rings. The van der Waals surface area contributed by atoms with E-state index in [4.69, 9.17) is 0 Å². The Labute approximate surface area is 78.1 Å². The second-order valence-electron chi connectivity index (χ2n) is 2.58. The van der Waals surface area contributed by atoms with E-state index in [1.807, 2.05) is 13.8 Å². The summed E-state index contributed by atoms with van der Waals surface area (Å²) in [6.07, 6.45) is 0.